The number of nitrogens with one attached hydrogen (secondary N) is 1. The molecule has 1 heterocycles. The zero-order valence-electron chi connectivity index (χ0n) is 20.0. The molecule has 0 spiro atoms. The first-order chi connectivity index (χ1) is 14.9. The summed E-state index contributed by atoms with van der Waals surface area (Å²) in [6.45, 7) is 13.9. The van der Waals surface area contributed by atoms with E-state index in [-0.39, 0.29) is 24.7 Å². The van der Waals surface area contributed by atoms with Gasteiger partial charge in [-0.3, -0.25) is 9.36 Å². The highest BCUT2D eigenvalue weighted by molar-refractivity contribution is 6.75. The number of amides is 1. The maximum absolute atomic E-state index is 13.2. The summed E-state index contributed by atoms with van der Waals surface area (Å²) in [5.74, 6) is -0.516. The van der Waals surface area contributed by atoms with Crippen LogP contribution in [0.2, 0.25) is 18.1 Å². The van der Waals surface area contributed by atoms with Crippen LogP contribution in [0, 0.1) is 0 Å². The molecule has 0 bridgehead atoms. The summed E-state index contributed by atoms with van der Waals surface area (Å²) < 4.78 is 17.5. The topological polar surface area (TPSA) is 95.9 Å². The van der Waals surface area contributed by atoms with E-state index in [9.17, 15) is 14.4 Å². The normalized spacial score (nSPS) is 12.8. The van der Waals surface area contributed by atoms with Crippen LogP contribution in [-0.2, 0) is 25.1 Å². The van der Waals surface area contributed by atoms with E-state index < -0.39 is 32.5 Å². The number of benzene rings is 1. The van der Waals surface area contributed by atoms with Gasteiger partial charge in [0.05, 0.1) is 18.7 Å². The van der Waals surface area contributed by atoms with Crippen LogP contribution in [0.15, 0.2) is 30.5 Å². The molecule has 176 valence electrons. The largest absolute Gasteiger partial charge is 0.518 e. The fraction of sp³-hybridized carbons (Fsp3) is 0.522. The van der Waals surface area contributed by atoms with Crippen molar-refractivity contribution >= 4 is 37.4 Å². The number of fused-ring (bicyclic) bond motifs is 1. The van der Waals surface area contributed by atoms with Crippen LogP contribution in [-0.4, -0.2) is 50.3 Å². The molecule has 0 saturated heterocycles. The van der Waals surface area contributed by atoms with Crippen LogP contribution in [0.4, 0.5) is 9.59 Å². The molecule has 0 fully saturated rings. The van der Waals surface area contributed by atoms with E-state index in [1.807, 2.05) is 52.1 Å². The quantitative estimate of drug-likeness (QED) is 0.591. The Balaban J connectivity index is 2.41. The van der Waals surface area contributed by atoms with Crippen LogP contribution >= 0.6 is 0 Å². The van der Waals surface area contributed by atoms with Gasteiger partial charge in [0.2, 0.25) is 0 Å². The number of hydrogen-bond acceptors (Lipinski definition) is 6. The Hall–Kier alpha value is -2.81. The second-order valence-corrected chi connectivity index (χ2v) is 13.8. The summed E-state index contributed by atoms with van der Waals surface area (Å²) in [5.41, 5.74) is 1.37. The highest BCUT2D eigenvalue weighted by Gasteiger charge is 2.42. The van der Waals surface area contributed by atoms with Gasteiger partial charge in [0, 0.05) is 18.0 Å². The van der Waals surface area contributed by atoms with E-state index in [0.29, 0.717) is 11.1 Å². The van der Waals surface area contributed by atoms with E-state index in [2.05, 4.69) is 5.32 Å². The maximum Gasteiger partial charge on any atom is 0.418 e. The van der Waals surface area contributed by atoms with E-state index in [0.717, 1.165) is 5.39 Å². The molecule has 0 aliphatic rings. The number of alkyl carbamates (subject to hydrolysis) is 1. The zero-order chi connectivity index (χ0) is 24.1. The van der Waals surface area contributed by atoms with Crippen molar-refractivity contribution in [3.63, 3.8) is 0 Å². The molecule has 2 aromatic rings. The van der Waals surface area contributed by atoms with E-state index in [4.69, 9.17) is 13.9 Å². The van der Waals surface area contributed by atoms with Gasteiger partial charge >= 0.3 is 18.2 Å². The number of carbonyl (C=O) groups is 3. The third-order valence-corrected chi connectivity index (χ3v) is 10.0. The van der Waals surface area contributed by atoms with Crippen molar-refractivity contribution in [2.24, 2.45) is 0 Å². The van der Waals surface area contributed by atoms with Gasteiger partial charge in [0.15, 0.2) is 0 Å². The fourth-order valence-corrected chi connectivity index (χ4v) is 3.91. The van der Waals surface area contributed by atoms with Crippen molar-refractivity contribution in [1.82, 2.24) is 9.88 Å². The number of nitrogens with zero attached hydrogens (tertiary/aromatic N) is 1. The molecule has 1 unspecified atom stereocenters. The van der Waals surface area contributed by atoms with Gasteiger partial charge in [-0.15, -0.1) is 0 Å². The molecule has 1 aromatic carbocycles. The van der Waals surface area contributed by atoms with Crippen molar-refractivity contribution in [3.8, 4) is 0 Å². The summed E-state index contributed by atoms with van der Waals surface area (Å²) in [6, 6.07) is 6.37. The van der Waals surface area contributed by atoms with E-state index in [1.165, 1.54) is 4.57 Å². The lowest BCUT2D eigenvalue weighted by molar-refractivity contribution is -0.137. The molecule has 1 N–H and O–H groups in total. The highest BCUT2D eigenvalue weighted by Crippen LogP contribution is 2.37. The molecule has 0 aliphatic carbocycles. The van der Waals surface area contributed by atoms with Gasteiger partial charge in [-0.05, 0) is 43.6 Å². The minimum Gasteiger partial charge on any atom is -0.518 e. The second-order valence-electron chi connectivity index (χ2n) is 9.04. The summed E-state index contributed by atoms with van der Waals surface area (Å²) in [4.78, 5) is 37.8. The molecule has 9 heteroatoms. The average molecular weight is 463 g/mol. The van der Waals surface area contributed by atoms with Crippen molar-refractivity contribution in [2.75, 3.05) is 13.2 Å². The first kappa shape index (κ1) is 25.4. The van der Waals surface area contributed by atoms with E-state index >= 15 is 0 Å². The monoisotopic (exact) mass is 462 g/mol. The Bertz CT molecular complexity index is 977. The molecule has 32 heavy (non-hydrogen) atoms. The number of aromatic nitrogens is 1. The summed E-state index contributed by atoms with van der Waals surface area (Å²) >= 11 is 0. The van der Waals surface area contributed by atoms with Crippen LogP contribution in [0.1, 0.15) is 40.2 Å². The lowest BCUT2D eigenvalue weighted by Gasteiger charge is -2.36. The van der Waals surface area contributed by atoms with Gasteiger partial charge in [-0.25, -0.2) is 9.59 Å². The predicted molar refractivity (Wildman–Crippen MR) is 125 cm³/mol. The molecule has 0 radical (unpaired) electrons. The third kappa shape index (κ3) is 5.91. The Morgan fingerprint density at radius 1 is 1.06 bits per heavy atom. The van der Waals surface area contributed by atoms with Gasteiger partial charge in [-0.2, -0.15) is 0 Å². The fourth-order valence-electron chi connectivity index (χ4n) is 2.96. The summed E-state index contributed by atoms with van der Waals surface area (Å²) in [5, 5.41) is 3.23. The SMILES string of the molecule is CCOC(=O)NC(Cc1cn(C(=O)OCC)c2ccccc12)C(=O)O[Si](C)(C)C(C)(C)C. The van der Waals surface area contributed by atoms with Crippen LogP contribution in [0.3, 0.4) is 0 Å². The standard InChI is InChI=1S/C23H34N2O6Si/c1-8-29-21(27)24-18(20(26)31-32(6,7)23(3,4)5)14-16-15-25(22(28)30-9-2)19-13-11-10-12-17(16)19/h10-13,15,18H,8-9,14H2,1-7H3,(H,24,27). The van der Waals surface area contributed by atoms with Crippen LogP contribution < -0.4 is 5.32 Å². The minimum atomic E-state index is -2.42. The van der Waals surface area contributed by atoms with Crippen molar-refractivity contribution in [3.05, 3.63) is 36.0 Å². The Kier molecular flexibility index (Phi) is 8.11. The average Bonchev–Trinajstić information content (AvgIpc) is 3.05. The minimum absolute atomic E-state index is 0.138. The summed E-state index contributed by atoms with van der Waals surface area (Å²) in [6.07, 6.45) is 0.578. The molecular formula is C23H34N2O6Si. The molecule has 8 nitrogen and oxygen atoms in total. The maximum atomic E-state index is 13.2. The van der Waals surface area contributed by atoms with Gasteiger partial charge in [0.25, 0.3) is 8.32 Å². The number of ether oxygens (including phenoxy) is 2. The van der Waals surface area contributed by atoms with Crippen molar-refractivity contribution in [2.45, 2.75) is 65.2 Å². The molecule has 2 rings (SSSR count). The first-order valence-electron chi connectivity index (χ1n) is 10.8. The van der Waals surface area contributed by atoms with Crippen molar-refractivity contribution < 1.29 is 28.3 Å². The molecule has 0 saturated carbocycles. The lowest BCUT2D eigenvalue weighted by atomic mass is 10.1. The van der Waals surface area contributed by atoms with Crippen LogP contribution in [0.25, 0.3) is 10.9 Å². The Morgan fingerprint density at radius 2 is 1.69 bits per heavy atom. The highest BCUT2D eigenvalue weighted by atomic mass is 28.4. The lowest BCUT2D eigenvalue weighted by Crippen LogP contribution is -2.50. The van der Waals surface area contributed by atoms with Crippen LogP contribution in [0.5, 0.6) is 0 Å². The number of para-hydroxylation sites is 1. The Labute approximate surface area is 190 Å². The molecular weight excluding hydrogens is 428 g/mol. The van der Waals surface area contributed by atoms with E-state index in [1.54, 1.807) is 26.1 Å². The zero-order valence-corrected chi connectivity index (χ0v) is 21.0. The number of hydrogen-bond donors (Lipinski definition) is 1. The molecule has 1 amide bonds. The smallest absolute Gasteiger partial charge is 0.418 e. The van der Waals surface area contributed by atoms with Gasteiger partial charge in [0.1, 0.15) is 6.04 Å². The Morgan fingerprint density at radius 3 is 2.28 bits per heavy atom. The number of carbonyl (C=O) groups excluding carboxylic acids is 3. The second kappa shape index (κ2) is 10.2. The number of rotatable bonds is 7. The summed E-state index contributed by atoms with van der Waals surface area (Å²) in [7, 11) is -2.42. The van der Waals surface area contributed by atoms with Gasteiger partial charge < -0.3 is 19.2 Å². The van der Waals surface area contributed by atoms with Gasteiger partial charge in [-0.1, -0.05) is 39.0 Å². The molecule has 1 aromatic heterocycles. The first-order valence-corrected chi connectivity index (χ1v) is 13.7. The van der Waals surface area contributed by atoms with Crippen molar-refractivity contribution in [1.29, 1.82) is 0 Å². The predicted octanol–water partition coefficient (Wildman–Crippen LogP) is 4.85. The molecule has 1 atom stereocenters. The molecule has 0 aliphatic heterocycles. The third-order valence-electron chi connectivity index (χ3n) is 5.70.